The standard InChI is InChI=1S/C15H22N2O/c1-12-5-7-13(8-6-12)11-14(16)15(18)17-9-3-2-4-10-17/h5-8,14H,2-4,9-11,16H2,1H3/t14-/m1/s1. The summed E-state index contributed by atoms with van der Waals surface area (Å²) >= 11 is 0. The number of likely N-dealkylation sites (tertiary alicyclic amines) is 1. The fourth-order valence-electron chi connectivity index (χ4n) is 2.41. The first-order valence-electron chi connectivity index (χ1n) is 6.77. The molecule has 1 aliphatic rings. The molecule has 0 saturated carbocycles. The van der Waals surface area contributed by atoms with E-state index in [0.717, 1.165) is 31.5 Å². The minimum absolute atomic E-state index is 0.107. The molecule has 1 aromatic carbocycles. The Balaban J connectivity index is 1.92. The van der Waals surface area contributed by atoms with E-state index in [2.05, 4.69) is 31.2 Å². The SMILES string of the molecule is Cc1ccc(C[C@@H](N)C(=O)N2CCCCC2)cc1. The van der Waals surface area contributed by atoms with Crippen LogP contribution < -0.4 is 5.73 Å². The summed E-state index contributed by atoms with van der Waals surface area (Å²) < 4.78 is 0. The third-order valence-electron chi connectivity index (χ3n) is 3.56. The van der Waals surface area contributed by atoms with Crippen LogP contribution in [0.25, 0.3) is 0 Å². The van der Waals surface area contributed by atoms with E-state index in [-0.39, 0.29) is 5.91 Å². The van der Waals surface area contributed by atoms with Gasteiger partial charge >= 0.3 is 0 Å². The molecule has 0 aromatic heterocycles. The molecular weight excluding hydrogens is 224 g/mol. The van der Waals surface area contributed by atoms with Gasteiger partial charge in [0.1, 0.15) is 0 Å². The van der Waals surface area contributed by atoms with Gasteiger partial charge < -0.3 is 10.6 Å². The van der Waals surface area contributed by atoms with Crippen LogP contribution in [0.2, 0.25) is 0 Å². The first-order chi connectivity index (χ1) is 8.66. The van der Waals surface area contributed by atoms with E-state index in [1.807, 2.05) is 4.90 Å². The normalized spacial score (nSPS) is 17.6. The predicted molar refractivity (Wildman–Crippen MR) is 73.3 cm³/mol. The van der Waals surface area contributed by atoms with Gasteiger partial charge in [0.2, 0.25) is 5.91 Å². The summed E-state index contributed by atoms with van der Waals surface area (Å²) in [6.07, 6.45) is 4.10. The van der Waals surface area contributed by atoms with Crippen LogP contribution in [0.5, 0.6) is 0 Å². The number of rotatable bonds is 3. The molecule has 2 N–H and O–H groups in total. The zero-order chi connectivity index (χ0) is 13.0. The molecule has 1 aromatic rings. The van der Waals surface area contributed by atoms with Crippen LogP contribution >= 0.6 is 0 Å². The van der Waals surface area contributed by atoms with Crippen molar-refractivity contribution in [1.82, 2.24) is 4.90 Å². The second-order valence-corrected chi connectivity index (χ2v) is 5.18. The van der Waals surface area contributed by atoms with Gasteiger partial charge in [-0.1, -0.05) is 29.8 Å². The Morgan fingerprint density at radius 2 is 1.83 bits per heavy atom. The van der Waals surface area contributed by atoms with Crippen molar-refractivity contribution in [2.45, 2.75) is 38.6 Å². The van der Waals surface area contributed by atoms with Crippen molar-refractivity contribution in [2.24, 2.45) is 5.73 Å². The minimum atomic E-state index is -0.397. The minimum Gasteiger partial charge on any atom is -0.341 e. The smallest absolute Gasteiger partial charge is 0.239 e. The second-order valence-electron chi connectivity index (χ2n) is 5.18. The molecule has 0 spiro atoms. The lowest BCUT2D eigenvalue weighted by atomic mass is 10.0. The predicted octanol–water partition coefficient (Wildman–Crippen LogP) is 1.88. The topological polar surface area (TPSA) is 46.3 Å². The second kappa shape index (κ2) is 6.01. The van der Waals surface area contributed by atoms with Crippen LogP contribution in [0.1, 0.15) is 30.4 Å². The number of hydrogen-bond acceptors (Lipinski definition) is 2. The summed E-state index contributed by atoms with van der Waals surface area (Å²) in [7, 11) is 0. The molecule has 18 heavy (non-hydrogen) atoms. The number of piperidine rings is 1. The fraction of sp³-hybridized carbons (Fsp3) is 0.533. The van der Waals surface area contributed by atoms with E-state index >= 15 is 0 Å². The lowest BCUT2D eigenvalue weighted by Crippen LogP contribution is -2.46. The summed E-state index contributed by atoms with van der Waals surface area (Å²) in [6.45, 7) is 3.81. The maximum Gasteiger partial charge on any atom is 0.239 e. The quantitative estimate of drug-likeness (QED) is 0.885. The molecule has 0 aliphatic carbocycles. The number of nitrogens with zero attached hydrogens (tertiary/aromatic N) is 1. The van der Waals surface area contributed by atoms with E-state index in [4.69, 9.17) is 5.73 Å². The molecule has 1 amide bonds. The van der Waals surface area contributed by atoms with Crippen molar-refractivity contribution in [3.05, 3.63) is 35.4 Å². The van der Waals surface area contributed by atoms with E-state index in [1.54, 1.807) is 0 Å². The van der Waals surface area contributed by atoms with Crippen molar-refractivity contribution in [1.29, 1.82) is 0 Å². The van der Waals surface area contributed by atoms with Crippen LogP contribution in [0, 0.1) is 6.92 Å². The van der Waals surface area contributed by atoms with Crippen molar-refractivity contribution in [2.75, 3.05) is 13.1 Å². The van der Waals surface area contributed by atoms with Crippen molar-refractivity contribution in [3.8, 4) is 0 Å². The molecule has 1 heterocycles. The van der Waals surface area contributed by atoms with Gasteiger partial charge in [-0.15, -0.1) is 0 Å². The highest BCUT2D eigenvalue weighted by Crippen LogP contribution is 2.12. The van der Waals surface area contributed by atoms with E-state index in [0.29, 0.717) is 6.42 Å². The third-order valence-corrected chi connectivity index (χ3v) is 3.56. The molecule has 1 fully saturated rings. The highest BCUT2D eigenvalue weighted by atomic mass is 16.2. The Hall–Kier alpha value is -1.35. The molecule has 1 atom stereocenters. The van der Waals surface area contributed by atoms with Crippen molar-refractivity contribution < 1.29 is 4.79 Å². The maximum absolute atomic E-state index is 12.2. The molecule has 3 nitrogen and oxygen atoms in total. The van der Waals surface area contributed by atoms with Crippen molar-refractivity contribution in [3.63, 3.8) is 0 Å². The average molecular weight is 246 g/mol. The van der Waals surface area contributed by atoms with Gasteiger partial charge in [0.25, 0.3) is 0 Å². The molecule has 0 unspecified atom stereocenters. The molecule has 1 aliphatic heterocycles. The van der Waals surface area contributed by atoms with Crippen LogP contribution in [-0.2, 0) is 11.2 Å². The highest BCUT2D eigenvalue weighted by molar-refractivity contribution is 5.82. The van der Waals surface area contributed by atoms with Crippen LogP contribution in [0.15, 0.2) is 24.3 Å². The number of benzene rings is 1. The largest absolute Gasteiger partial charge is 0.341 e. The number of carbonyl (C=O) groups excluding carboxylic acids is 1. The van der Waals surface area contributed by atoms with Gasteiger partial charge in [0.15, 0.2) is 0 Å². The molecular formula is C15H22N2O. The van der Waals surface area contributed by atoms with Gasteiger partial charge in [-0.25, -0.2) is 0 Å². The number of hydrogen-bond donors (Lipinski definition) is 1. The Morgan fingerprint density at radius 1 is 1.22 bits per heavy atom. The fourth-order valence-corrected chi connectivity index (χ4v) is 2.41. The lowest BCUT2D eigenvalue weighted by molar-refractivity contribution is -0.133. The zero-order valence-corrected chi connectivity index (χ0v) is 11.1. The van der Waals surface area contributed by atoms with E-state index < -0.39 is 6.04 Å². The summed E-state index contributed by atoms with van der Waals surface area (Å²) in [5.74, 6) is 0.107. The lowest BCUT2D eigenvalue weighted by Gasteiger charge is -2.29. The van der Waals surface area contributed by atoms with Crippen LogP contribution in [-0.4, -0.2) is 29.9 Å². The van der Waals surface area contributed by atoms with Gasteiger partial charge in [-0.2, -0.15) is 0 Å². The zero-order valence-electron chi connectivity index (χ0n) is 11.1. The average Bonchev–Trinajstić information content (AvgIpc) is 2.41. The Morgan fingerprint density at radius 3 is 2.44 bits per heavy atom. The number of carbonyl (C=O) groups is 1. The maximum atomic E-state index is 12.2. The first-order valence-corrected chi connectivity index (χ1v) is 6.77. The number of nitrogens with two attached hydrogens (primary N) is 1. The Labute approximate surface area is 109 Å². The molecule has 1 saturated heterocycles. The summed E-state index contributed by atoms with van der Waals surface area (Å²) in [4.78, 5) is 14.1. The van der Waals surface area contributed by atoms with Crippen LogP contribution in [0.4, 0.5) is 0 Å². The first kappa shape index (κ1) is 13.1. The summed E-state index contributed by atoms with van der Waals surface area (Å²) in [5.41, 5.74) is 8.40. The molecule has 0 radical (unpaired) electrons. The Kier molecular flexibility index (Phi) is 4.37. The van der Waals surface area contributed by atoms with Crippen molar-refractivity contribution >= 4 is 5.91 Å². The van der Waals surface area contributed by atoms with Gasteiger partial charge in [0.05, 0.1) is 6.04 Å². The van der Waals surface area contributed by atoms with E-state index in [9.17, 15) is 4.79 Å². The van der Waals surface area contributed by atoms with Crippen LogP contribution in [0.3, 0.4) is 0 Å². The van der Waals surface area contributed by atoms with Gasteiger partial charge in [-0.3, -0.25) is 4.79 Å². The number of amides is 1. The highest BCUT2D eigenvalue weighted by Gasteiger charge is 2.22. The molecule has 3 heteroatoms. The molecule has 2 rings (SSSR count). The summed E-state index contributed by atoms with van der Waals surface area (Å²) in [6, 6.07) is 7.84. The molecule has 98 valence electrons. The third kappa shape index (κ3) is 3.33. The molecule has 0 bridgehead atoms. The Bertz CT molecular complexity index is 393. The van der Waals surface area contributed by atoms with Gasteiger partial charge in [0, 0.05) is 13.1 Å². The monoisotopic (exact) mass is 246 g/mol. The summed E-state index contributed by atoms with van der Waals surface area (Å²) in [5, 5.41) is 0. The van der Waals surface area contributed by atoms with E-state index in [1.165, 1.54) is 12.0 Å². The van der Waals surface area contributed by atoms with Gasteiger partial charge in [-0.05, 0) is 38.2 Å². The number of aryl methyl sites for hydroxylation is 1.